The molecular formula is C24H17ClN2O3S. The SMILES string of the molecule is O=C(Cc1ccccc1)N/N=C/c1ccccc1OC(=O)c1sc2ccccc2c1Cl. The van der Waals surface area contributed by atoms with Gasteiger partial charge in [-0.1, -0.05) is 72.3 Å². The van der Waals surface area contributed by atoms with Crippen molar-refractivity contribution in [2.45, 2.75) is 6.42 Å². The molecule has 4 aromatic rings. The first-order chi connectivity index (χ1) is 15.1. The van der Waals surface area contributed by atoms with Gasteiger partial charge >= 0.3 is 5.97 Å². The second-order valence-electron chi connectivity index (χ2n) is 6.62. The summed E-state index contributed by atoms with van der Waals surface area (Å²) in [4.78, 5) is 25.1. The van der Waals surface area contributed by atoms with E-state index in [0.717, 1.165) is 15.6 Å². The van der Waals surface area contributed by atoms with Gasteiger partial charge in [0, 0.05) is 15.6 Å². The van der Waals surface area contributed by atoms with E-state index in [9.17, 15) is 9.59 Å². The van der Waals surface area contributed by atoms with Gasteiger partial charge < -0.3 is 4.74 Å². The second-order valence-corrected chi connectivity index (χ2v) is 8.05. The molecule has 1 heterocycles. The maximum Gasteiger partial charge on any atom is 0.355 e. The molecule has 1 N–H and O–H groups in total. The van der Waals surface area contributed by atoms with Gasteiger partial charge in [0.25, 0.3) is 0 Å². The Morgan fingerprint density at radius 3 is 2.48 bits per heavy atom. The highest BCUT2D eigenvalue weighted by atomic mass is 35.5. The third-order valence-electron chi connectivity index (χ3n) is 4.44. The summed E-state index contributed by atoms with van der Waals surface area (Å²) in [7, 11) is 0. The fourth-order valence-corrected chi connectivity index (χ4v) is 4.35. The molecule has 0 atom stereocenters. The standard InChI is InChI=1S/C24H17ClN2O3S/c25-22-18-11-5-7-13-20(18)31-23(22)24(29)30-19-12-6-4-10-17(19)15-26-27-21(28)14-16-8-2-1-3-9-16/h1-13,15H,14H2,(H,27,28)/b26-15+. The van der Waals surface area contributed by atoms with E-state index in [2.05, 4.69) is 10.5 Å². The molecule has 1 aromatic heterocycles. The number of nitrogens with one attached hydrogen (secondary N) is 1. The molecule has 0 aliphatic carbocycles. The summed E-state index contributed by atoms with van der Waals surface area (Å²) in [5.74, 6) is -0.462. The van der Waals surface area contributed by atoms with Gasteiger partial charge in [0.05, 0.1) is 17.7 Å². The first-order valence-corrected chi connectivity index (χ1v) is 10.7. The van der Waals surface area contributed by atoms with Crippen molar-refractivity contribution >= 4 is 51.1 Å². The van der Waals surface area contributed by atoms with Crippen LogP contribution < -0.4 is 10.2 Å². The third-order valence-corrected chi connectivity index (χ3v) is 6.10. The minimum atomic E-state index is -0.542. The van der Waals surface area contributed by atoms with Crippen LogP contribution >= 0.6 is 22.9 Å². The van der Waals surface area contributed by atoms with Crippen molar-refractivity contribution in [2.75, 3.05) is 0 Å². The number of hydrazone groups is 1. The molecule has 5 nitrogen and oxygen atoms in total. The Morgan fingerprint density at radius 2 is 1.68 bits per heavy atom. The highest BCUT2D eigenvalue weighted by Crippen LogP contribution is 2.35. The molecule has 0 radical (unpaired) electrons. The summed E-state index contributed by atoms with van der Waals surface area (Å²) in [5.41, 5.74) is 3.93. The van der Waals surface area contributed by atoms with E-state index < -0.39 is 5.97 Å². The number of thiophene rings is 1. The van der Waals surface area contributed by atoms with Gasteiger partial charge in [-0.05, 0) is 23.8 Å². The van der Waals surface area contributed by atoms with Gasteiger partial charge in [-0.3, -0.25) is 4.79 Å². The number of esters is 1. The summed E-state index contributed by atoms with van der Waals surface area (Å²) < 4.78 is 6.49. The zero-order valence-electron chi connectivity index (χ0n) is 16.2. The summed E-state index contributed by atoms with van der Waals surface area (Å²) >= 11 is 7.66. The van der Waals surface area contributed by atoms with Crippen LogP contribution in [0.3, 0.4) is 0 Å². The smallest absolute Gasteiger partial charge is 0.355 e. The Kier molecular flexibility index (Phi) is 6.40. The lowest BCUT2D eigenvalue weighted by Crippen LogP contribution is -2.19. The molecule has 154 valence electrons. The van der Waals surface area contributed by atoms with Crippen molar-refractivity contribution in [3.8, 4) is 5.75 Å². The highest BCUT2D eigenvalue weighted by Gasteiger charge is 2.19. The van der Waals surface area contributed by atoms with Crippen LogP contribution in [0.15, 0.2) is 84.0 Å². The predicted molar refractivity (Wildman–Crippen MR) is 124 cm³/mol. The third kappa shape index (κ3) is 4.99. The summed E-state index contributed by atoms with van der Waals surface area (Å²) in [5, 5.41) is 5.19. The van der Waals surface area contributed by atoms with Gasteiger partial charge in [-0.2, -0.15) is 5.10 Å². The van der Waals surface area contributed by atoms with Crippen molar-refractivity contribution in [2.24, 2.45) is 5.10 Å². The van der Waals surface area contributed by atoms with Crippen molar-refractivity contribution in [3.05, 3.63) is 99.9 Å². The van der Waals surface area contributed by atoms with E-state index in [1.807, 2.05) is 54.6 Å². The van der Waals surface area contributed by atoms with Gasteiger partial charge in [0.1, 0.15) is 10.6 Å². The van der Waals surface area contributed by atoms with E-state index in [1.165, 1.54) is 17.6 Å². The van der Waals surface area contributed by atoms with Crippen LogP contribution in [0.1, 0.15) is 20.8 Å². The number of hydrogen-bond acceptors (Lipinski definition) is 5. The van der Waals surface area contributed by atoms with Crippen molar-refractivity contribution in [1.29, 1.82) is 0 Å². The molecule has 0 fully saturated rings. The lowest BCUT2D eigenvalue weighted by molar-refractivity contribution is -0.120. The molecule has 3 aromatic carbocycles. The summed E-state index contributed by atoms with van der Waals surface area (Å²) in [6.45, 7) is 0. The van der Waals surface area contributed by atoms with Crippen LogP contribution in [-0.4, -0.2) is 18.1 Å². The van der Waals surface area contributed by atoms with Crippen molar-refractivity contribution in [1.82, 2.24) is 5.43 Å². The average Bonchev–Trinajstić information content (AvgIpc) is 3.12. The van der Waals surface area contributed by atoms with Gasteiger partial charge in [0.2, 0.25) is 5.91 Å². The van der Waals surface area contributed by atoms with Gasteiger partial charge in [-0.25, -0.2) is 10.2 Å². The summed E-state index contributed by atoms with van der Waals surface area (Å²) in [6.07, 6.45) is 1.66. The quantitative estimate of drug-likeness (QED) is 0.184. The van der Waals surface area contributed by atoms with Crippen molar-refractivity contribution in [3.63, 3.8) is 0 Å². The average molecular weight is 449 g/mol. The molecule has 7 heteroatoms. The number of benzene rings is 3. The lowest BCUT2D eigenvalue weighted by atomic mass is 10.1. The minimum Gasteiger partial charge on any atom is -0.422 e. The number of amides is 1. The summed E-state index contributed by atoms with van der Waals surface area (Å²) in [6, 6.07) is 23.9. The number of halogens is 1. The Morgan fingerprint density at radius 1 is 0.968 bits per heavy atom. The fraction of sp³-hybridized carbons (Fsp3) is 0.0417. The number of ether oxygens (including phenoxy) is 1. The number of fused-ring (bicyclic) bond motifs is 1. The van der Waals surface area contributed by atoms with E-state index >= 15 is 0 Å². The Bertz CT molecular complexity index is 1270. The zero-order valence-corrected chi connectivity index (χ0v) is 17.8. The Hall–Kier alpha value is -3.48. The highest BCUT2D eigenvalue weighted by molar-refractivity contribution is 7.21. The van der Waals surface area contributed by atoms with Gasteiger partial charge in [-0.15, -0.1) is 11.3 Å². The monoisotopic (exact) mass is 448 g/mol. The molecule has 31 heavy (non-hydrogen) atoms. The molecule has 0 aliphatic rings. The Labute approximate surface area is 187 Å². The molecule has 0 aliphatic heterocycles. The fourth-order valence-electron chi connectivity index (χ4n) is 2.97. The number of carbonyl (C=O) groups excluding carboxylic acids is 2. The predicted octanol–water partition coefficient (Wildman–Crippen LogP) is 5.47. The minimum absolute atomic E-state index is 0.221. The number of carbonyl (C=O) groups is 2. The number of rotatable bonds is 6. The van der Waals surface area contributed by atoms with Crippen LogP contribution in [0.5, 0.6) is 5.75 Å². The maximum atomic E-state index is 12.7. The largest absolute Gasteiger partial charge is 0.422 e. The van der Waals surface area contributed by atoms with Crippen LogP contribution in [0.2, 0.25) is 5.02 Å². The van der Waals surface area contributed by atoms with Gasteiger partial charge in [0.15, 0.2) is 0 Å². The zero-order chi connectivity index (χ0) is 21.6. The van der Waals surface area contributed by atoms with E-state index in [-0.39, 0.29) is 12.3 Å². The van der Waals surface area contributed by atoms with Crippen LogP contribution in [0.4, 0.5) is 0 Å². The topological polar surface area (TPSA) is 67.8 Å². The molecule has 4 rings (SSSR count). The first-order valence-electron chi connectivity index (χ1n) is 9.46. The van der Waals surface area contributed by atoms with E-state index in [4.69, 9.17) is 16.3 Å². The van der Waals surface area contributed by atoms with Crippen LogP contribution in [0.25, 0.3) is 10.1 Å². The lowest BCUT2D eigenvalue weighted by Gasteiger charge is -2.06. The molecule has 0 spiro atoms. The first kappa shape index (κ1) is 20.8. The van der Waals surface area contributed by atoms with E-state index in [1.54, 1.807) is 24.3 Å². The van der Waals surface area contributed by atoms with Crippen LogP contribution in [-0.2, 0) is 11.2 Å². The molecular weight excluding hydrogens is 432 g/mol. The number of nitrogens with zero attached hydrogens (tertiary/aromatic N) is 1. The molecule has 0 unspecified atom stereocenters. The van der Waals surface area contributed by atoms with Crippen molar-refractivity contribution < 1.29 is 14.3 Å². The Balaban J connectivity index is 1.45. The molecule has 0 saturated carbocycles. The van der Waals surface area contributed by atoms with Crippen LogP contribution in [0, 0.1) is 0 Å². The maximum absolute atomic E-state index is 12.7. The second kappa shape index (κ2) is 9.55. The normalized spacial score (nSPS) is 11.0. The molecule has 1 amide bonds. The number of para-hydroxylation sites is 1. The molecule has 0 bridgehead atoms. The number of hydrogen-bond donors (Lipinski definition) is 1. The molecule has 0 saturated heterocycles. The van der Waals surface area contributed by atoms with E-state index in [0.29, 0.717) is 21.2 Å².